The zero-order chi connectivity index (χ0) is 24.4. The molecule has 34 heavy (non-hydrogen) atoms. The van der Waals surface area contributed by atoms with Gasteiger partial charge in [-0.05, 0) is 51.2 Å². The second-order valence-electron chi connectivity index (χ2n) is 8.76. The van der Waals surface area contributed by atoms with Crippen LogP contribution in [0.1, 0.15) is 66.2 Å². The predicted molar refractivity (Wildman–Crippen MR) is 119 cm³/mol. The molecule has 0 bridgehead atoms. The number of ether oxygens (including phenoxy) is 1. The van der Waals surface area contributed by atoms with Crippen LogP contribution in [0, 0.1) is 0 Å². The quantitative estimate of drug-likeness (QED) is 0.509. The van der Waals surface area contributed by atoms with Gasteiger partial charge in [0, 0.05) is 25.2 Å². The van der Waals surface area contributed by atoms with E-state index in [0.717, 1.165) is 17.7 Å². The molecule has 11 heteroatoms. The Bertz CT molecular complexity index is 1030. The molecule has 3 atom stereocenters. The van der Waals surface area contributed by atoms with Gasteiger partial charge < -0.3 is 15.2 Å². The fourth-order valence-corrected chi connectivity index (χ4v) is 4.67. The molecule has 3 aliphatic rings. The van der Waals surface area contributed by atoms with Gasteiger partial charge in [-0.15, -0.1) is 0 Å². The first-order valence-electron chi connectivity index (χ1n) is 11.5. The molecule has 3 heterocycles. The molecule has 2 unspecified atom stereocenters. The molecule has 0 saturated carbocycles. The topological polar surface area (TPSA) is 145 Å². The second-order valence-corrected chi connectivity index (χ2v) is 8.76. The molecule has 2 fully saturated rings. The fraction of sp³-hybridized carbons (Fsp3) is 0.522. The van der Waals surface area contributed by atoms with Gasteiger partial charge in [0.05, 0.1) is 17.2 Å². The van der Waals surface area contributed by atoms with E-state index in [2.05, 4.69) is 10.6 Å². The van der Waals surface area contributed by atoms with Crippen molar-refractivity contribution < 1.29 is 33.8 Å². The normalized spacial score (nSPS) is 23.6. The van der Waals surface area contributed by atoms with Crippen LogP contribution in [0.2, 0.25) is 0 Å². The van der Waals surface area contributed by atoms with Gasteiger partial charge in [-0.3, -0.25) is 34.3 Å². The summed E-state index contributed by atoms with van der Waals surface area (Å²) in [5.41, 5.74) is 0.890. The van der Waals surface area contributed by atoms with Crippen LogP contribution in [-0.4, -0.2) is 76.1 Å². The molecular formula is C23H28N4O7. The van der Waals surface area contributed by atoms with Crippen LogP contribution in [0.15, 0.2) is 18.2 Å². The van der Waals surface area contributed by atoms with Gasteiger partial charge >= 0.3 is 6.09 Å². The number of likely N-dealkylation sites (tertiary alicyclic amines) is 1. The fourth-order valence-electron chi connectivity index (χ4n) is 4.67. The van der Waals surface area contributed by atoms with Crippen molar-refractivity contribution >= 4 is 35.4 Å². The SMILES string of the molecule is C[C@@H](CCNc1cccc2c1C(=O)N(C1CCC(=O)NC1=O)C2=O)OC1CCCCN1C(=O)O. The van der Waals surface area contributed by atoms with Gasteiger partial charge in [0.2, 0.25) is 11.8 Å². The van der Waals surface area contributed by atoms with Gasteiger partial charge in [0.15, 0.2) is 0 Å². The number of nitrogens with zero attached hydrogens (tertiary/aromatic N) is 2. The minimum Gasteiger partial charge on any atom is -0.465 e. The highest BCUT2D eigenvalue weighted by Gasteiger charge is 2.45. The molecule has 1 aromatic carbocycles. The summed E-state index contributed by atoms with van der Waals surface area (Å²) in [5, 5.41) is 14.7. The number of carboxylic acid groups (broad SMARTS) is 1. The minimum atomic E-state index is -1.01. The number of hydrogen-bond donors (Lipinski definition) is 3. The van der Waals surface area contributed by atoms with Crippen LogP contribution in [0.3, 0.4) is 0 Å². The Kier molecular flexibility index (Phi) is 6.82. The molecule has 0 spiro atoms. The third kappa shape index (κ3) is 4.60. The molecule has 3 N–H and O–H groups in total. The summed E-state index contributed by atoms with van der Waals surface area (Å²) in [6, 6.07) is 3.88. The van der Waals surface area contributed by atoms with Crippen molar-refractivity contribution in [1.29, 1.82) is 0 Å². The Morgan fingerprint density at radius 3 is 2.74 bits per heavy atom. The number of piperidine rings is 2. The average molecular weight is 472 g/mol. The van der Waals surface area contributed by atoms with Gasteiger partial charge in [0.25, 0.3) is 11.8 Å². The van der Waals surface area contributed by atoms with Crippen LogP contribution in [0.25, 0.3) is 0 Å². The van der Waals surface area contributed by atoms with Crippen LogP contribution in [0.4, 0.5) is 10.5 Å². The highest BCUT2D eigenvalue weighted by atomic mass is 16.5. The van der Waals surface area contributed by atoms with E-state index in [1.807, 2.05) is 6.92 Å². The lowest BCUT2D eigenvalue weighted by Crippen LogP contribution is -2.54. The molecule has 1 aromatic rings. The number of hydrogen-bond acceptors (Lipinski definition) is 7. The molecule has 5 amide bonds. The van der Waals surface area contributed by atoms with E-state index < -0.39 is 42.0 Å². The zero-order valence-corrected chi connectivity index (χ0v) is 18.9. The Labute approximate surface area is 196 Å². The van der Waals surface area contributed by atoms with Crippen molar-refractivity contribution in [3.8, 4) is 0 Å². The third-order valence-electron chi connectivity index (χ3n) is 6.42. The number of benzene rings is 1. The number of anilines is 1. The smallest absolute Gasteiger partial charge is 0.409 e. The summed E-state index contributed by atoms with van der Waals surface area (Å²) in [5.74, 6) is -2.19. The first-order chi connectivity index (χ1) is 16.3. The lowest BCUT2D eigenvalue weighted by Gasteiger charge is -2.35. The molecular weight excluding hydrogens is 444 g/mol. The molecule has 11 nitrogen and oxygen atoms in total. The summed E-state index contributed by atoms with van der Waals surface area (Å²) >= 11 is 0. The van der Waals surface area contributed by atoms with Gasteiger partial charge in [-0.1, -0.05) is 6.07 Å². The van der Waals surface area contributed by atoms with E-state index in [-0.39, 0.29) is 30.1 Å². The van der Waals surface area contributed by atoms with Crippen LogP contribution in [0.5, 0.6) is 0 Å². The molecule has 3 aliphatic heterocycles. The number of carbonyl (C=O) groups excluding carboxylic acids is 4. The highest BCUT2D eigenvalue weighted by molar-refractivity contribution is 6.25. The first kappa shape index (κ1) is 23.7. The summed E-state index contributed by atoms with van der Waals surface area (Å²) in [7, 11) is 0. The van der Waals surface area contributed by atoms with Crippen molar-refractivity contribution in [2.45, 2.75) is 63.8 Å². The van der Waals surface area contributed by atoms with Crippen molar-refractivity contribution in [3.63, 3.8) is 0 Å². The zero-order valence-electron chi connectivity index (χ0n) is 18.9. The van der Waals surface area contributed by atoms with Gasteiger partial charge in [-0.2, -0.15) is 0 Å². The Balaban J connectivity index is 1.39. The Morgan fingerprint density at radius 1 is 1.21 bits per heavy atom. The molecule has 4 rings (SSSR count). The van der Waals surface area contributed by atoms with E-state index in [1.54, 1.807) is 18.2 Å². The average Bonchev–Trinajstić information content (AvgIpc) is 3.05. The number of rotatable bonds is 7. The monoisotopic (exact) mass is 472 g/mol. The molecule has 2 saturated heterocycles. The Hall–Kier alpha value is -3.47. The maximum absolute atomic E-state index is 13.1. The van der Waals surface area contributed by atoms with E-state index in [4.69, 9.17) is 4.74 Å². The highest BCUT2D eigenvalue weighted by Crippen LogP contribution is 2.32. The van der Waals surface area contributed by atoms with Crippen molar-refractivity contribution in [1.82, 2.24) is 15.1 Å². The maximum atomic E-state index is 13.1. The molecule has 0 radical (unpaired) electrons. The minimum absolute atomic E-state index is 0.0626. The molecule has 0 aliphatic carbocycles. The van der Waals surface area contributed by atoms with Crippen LogP contribution < -0.4 is 10.6 Å². The number of carbonyl (C=O) groups is 5. The standard InChI is InChI=1S/C23H28N4O7/c1-13(34-18-7-2-3-12-26(18)23(32)33)10-11-24-15-6-4-5-14-19(15)22(31)27(21(14)30)16-8-9-17(28)25-20(16)29/h4-6,13,16,18,24H,2-3,7-12H2,1H3,(H,32,33)(H,25,28,29)/t13-,16?,18?/m0/s1. The van der Waals surface area contributed by atoms with Gasteiger partial charge in [0.1, 0.15) is 12.3 Å². The van der Waals surface area contributed by atoms with Crippen molar-refractivity contribution in [2.75, 3.05) is 18.4 Å². The summed E-state index contributed by atoms with van der Waals surface area (Å²) < 4.78 is 5.95. The van der Waals surface area contributed by atoms with E-state index in [0.29, 0.717) is 31.6 Å². The summed E-state index contributed by atoms with van der Waals surface area (Å²) in [6.07, 6.45) is 1.41. The van der Waals surface area contributed by atoms with E-state index >= 15 is 0 Å². The first-order valence-corrected chi connectivity index (χ1v) is 11.5. The van der Waals surface area contributed by atoms with Crippen molar-refractivity contribution in [3.05, 3.63) is 29.3 Å². The number of nitrogens with one attached hydrogen (secondary N) is 2. The second kappa shape index (κ2) is 9.80. The van der Waals surface area contributed by atoms with E-state index in [9.17, 15) is 29.1 Å². The summed E-state index contributed by atoms with van der Waals surface area (Å²) in [6.45, 7) is 2.75. The third-order valence-corrected chi connectivity index (χ3v) is 6.42. The molecule has 182 valence electrons. The van der Waals surface area contributed by atoms with Crippen LogP contribution >= 0.6 is 0 Å². The number of amides is 5. The van der Waals surface area contributed by atoms with Gasteiger partial charge in [-0.25, -0.2) is 4.79 Å². The van der Waals surface area contributed by atoms with Crippen LogP contribution in [-0.2, 0) is 14.3 Å². The summed E-state index contributed by atoms with van der Waals surface area (Å²) in [4.78, 5) is 63.4. The lowest BCUT2D eigenvalue weighted by atomic mass is 10.0. The van der Waals surface area contributed by atoms with E-state index in [1.165, 1.54) is 4.90 Å². The van der Waals surface area contributed by atoms with Crippen molar-refractivity contribution in [2.24, 2.45) is 0 Å². The number of imide groups is 2. The lowest BCUT2D eigenvalue weighted by molar-refractivity contribution is -0.136. The Morgan fingerprint density at radius 2 is 2.00 bits per heavy atom. The maximum Gasteiger partial charge on any atom is 0.409 e. The number of fused-ring (bicyclic) bond motifs is 1. The largest absolute Gasteiger partial charge is 0.465 e. The molecule has 0 aromatic heterocycles. The predicted octanol–water partition coefficient (Wildman–Crippen LogP) is 1.78.